The molecule has 0 saturated carbocycles. The molecule has 9 heteroatoms. The van der Waals surface area contributed by atoms with Gasteiger partial charge in [0.15, 0.2) is 11.3 Å². The summed E-state index contributed by atoms with van der Waals surface area (Å²) in [5.41, 5.74) is 2.87. The van der Waals surface area contributed by atoms with Crippen molar-refractivity contribution < 1.29 is 18.6 Å². The molecule has 0 aliphatic heterocycles. The minimum atomic E-state index is -0.486. The van der Waals surface area contributed by atoms with Gasteiger partial charge in [0.05, 0.1) is 10.5 Å². The zero-order chi connectivity index (χ0) is 22.1. The first kappa shape index (κ1) is 19.2. The van der Waals surface area contributed by atoms with Crippen molar-refractivity contribution in [2.45, 2.75) is 0 Å². The number of nitro groups is 1. The number of aromatic nitrogens is 2. The number of nitrogens with zero attached hydrogens (tertiary/aromatic N) is 3. The number of nitrogens with one attached hydrogen (secondary N) is 1. The van der Waals surface area contributed by atoms with Gasteiger partial charge in [-0.15, -0.1) is 0 Å². The van der Waals surface area contributed by atoms with Gasteiger partial charge < -0.3 is 14.2 Å². The van der Waals surface area contributed by atoms with E-state index in [9.17, 15) is 14.9 Å². The van der Waals surface area contributed by atoms with Crippen LogP contribution in [0.15, 0.2) is 88.0 Å². The van der Waals surface area contributed by atoms with Crippen LogP contribution >= 0.6 is 0 Å². The Labute approximate surface area is 180 Å². The van der Waals surface area contributed by atoms with E-state index in [4.69, 9.17) is 8.83 Å². The number of furan rings is 1. The number of fused-ring (bicyclic) bond motifs is 1. The Morgan fingerprint density at radius 1 is 0.969 bits per heavy atom. The normalized spacial score (nSPS) is 10.9. The molecular formula is C23H14N4O5. The van der Waals surface area contributed by atoms with Crippen LogP contribution in [0.5, 0.6) is 0 Å². The lowest BCUT2D eigenvalue weighted by Crippen LogP contribution is -2.10. The molecule has 0 fully saturated rings. The van der Waals surface area contributed by atoms with Crippen molar-refractivity contribution in [3.63, 3.8) is 0 Å². The molecular weight excluding hydrogens is 412 g/mol. The van der Waals surface area contributed by atoms with Gasteiger partial charge in [0.25, 0.3) is 11.6 Å². The molecule has 1 N–H and O–H groups in total. The summed E-state index contributed by atoms with van der Waals surface area (Å²) in [6, 6.07) is 17.9. The van der Waals surface area contributed by atoms with Gasteiger partial charge in [0.1, 0.15) is 11.3 Å². The SMILES string of the molecule is O=C(Nc1ccc2oc(-c3cccnc3)nc2c1)c1ccc(-c2cccc([N+](=O)[O-])c2)o1. The molecule has 0 bridgehead atoms. The third-order valence-corrected chi connectivity index (χ3v) is 4.73. The second kappa shape index (κ2) is 7.80. The molecule has 9 nitrogen and oxygen atoms in total. The molecule has 0 radical (unpaired) electrons. The Bertz CT molecular complexity index is 1460. The molecule has 0 saturated heterocycles. The third-order valence-electron chi connectivity index (χ3n) is 4.73. The number of non-ortho nitro benzene ring substituents is 1. The highest BCUT2D eigenvalue weighted by atomic mass is 16.6. The van der Waals surface area contributed by atoms with Gasteiger partial charge in [-0.3, -0.25) is 19.9 Å². The first-order chi connectivity index (χ1) is 15.6. The molecule has 32 heavy (non-hydrogen) atoms. The van der Waals surface area contributed by atoms with E-state index in [-0.39, 0.29) is 11.4 Å². The zero-order valence-electron chi connectivity index (χ0n) is 16.4. The molecule has 156 valence electrons. The number of oxazole rings is 1. The van der Waals surface area contributed by atoms with Crippen LogP contribution in [0.25, 0.3) is 33.9 Å². The average molecular weight is 426 g/mol. The van der Waals surface area contributed by atoms with Gasteiger partial charge in [-0.2, -0.15) is 0 Å². The number of hydrogen-bond acceptors (Lipinski definition) is 7. The maximum Gasteiger partial charge on any atom is 0.291 e. The van der Waals surface area contributed by atoms with Gasteiger partial charge in [-0.25, -0.2) is 4.98 Å². The van der Waals surface area contributed by atoms with Crippen LogP contribution in [0.4, 0.5) is 11.4 Å². The largest absolute Gasteiger partial charge is 0.451 e. The van der Waals surface area contributed by atoms with E-state index in [2.05, 4.69) is 15.3 Å². The van der Waals surface area contributed by atoms with Crippen LogP contribution in [0.1, 0.15) is 10.6 Å². The molecule has 0 aliphatic carbocycles. The number of rotatable bonds is 5. The highest BCUT2D eigenvalue weighted by Gasteiger charge is 2.16. The molecule has 3 heterocycles. The molecule has 0 unspecified atom stereocenters. The quantitative estimate of drug-likeness (QED) is 0.298. The van der Waals surface area contributed by atoms with Crippen LogP contribution in [-0.4, -0.2) is 20.8 Å². The molecule has 1 amide bonds. The second-order valence-corrected chi connectivity index (χ2v) is 6.87. The summed E-state index contributed by atoms with van der Waals surface area (Å²) in [5.74, 6) is 0.399. The lowest BCUT2D eigenvalue weighted by atomic mass is 10.1. The van der Waals surface area contributed by atoms with Gasteiger partial charge in [-0.1, -0.05) is 12.1 Å². The molecule has 5 rings (SSSR count). The van der Waals surface area contributed by atoms with Gasteiger partial charge in [0, 0.05) is 35.8 Å². The summed E-state index contributed by atoms with van der Waals surface area (Å²) in [5, 5.41) is 13.7. The summed E-state index contributed by atoms with van der Waals surface area (Å²) in [4.78, 5) is 31.6. The van der Waals surface area contributed by atoms with E-state index in [1.165, 1.54) is 18.2 Å². The van der Waals surface area contributed by atoms with Crippen LogP contribution in [0, 0.1) is 10.1 Å². The molecule has 0 atom stereocenters. The van der Waals surface area contributed by atoms with Crippen molar-refractivity contribution in [1.82, 2.24) is 9.97 Å². The Balaban J connectivity index is 1.36. The fourth-order valence-electron chi connectivity index (χ4n) is 3.20. The lowest BCUT2D eigenvalue weighted by Gasteiger charge is -2.02. The number of amides is 1. The predicted molar refractivity (Wildman–Crippen MR) is 116 cm³/mol. The molecule has 0 aliphatic rings. The minimum Gasteiger partial charge on any atom is -0.451 e. The number of pyridine rings is 1. The Morgan fingerprint density at radius 3 is 2.66 bits per heavy atom. The summed E-state index contributed by atoms with van der Waals surface area (Å²) in [6.45, 7) is 0. The maximum atomic E-state index is 12.6. The second-order valence-electron chi connectivity index (χ2n) is 6.87. The van der Waals surface area contributed by atoms with Crippen molar-refractivity contribution in [1.29, 1.82) is 0 Å². The van der Waals surface area contributed by atoms with Crippen molar-refractivity contribution in [2.24, 2.45) is 0 Å². The summed E-state index contributed by atoms with van der Waals surface area (Å²) in [7, 11) is 0. The van der Waals surface area contributed by atoms with Gasteiger partial charge in [0.2, 0.25) is 5.89 Å². The van der Waals surface area contributed by atoms with Gasteiger partial charge in [-0.05, 0) is 42.5 Å². The van der Waals surface area contributed by atoms with E-state index < -0.39 is 10.8 Å². The van der Waals surface area contributed by atoms with Crippen molar-refractivity contribution >= 4 is 28.4 Å². The zero-order valence-corrected chi connectivity index (χ0v) is 16.4. The highest BCUT2D eigenvalue weighted by Crippen LogP contribution is 2.28. The number of anilines is 1. The Kier molecular flexibility index (Phi) is 4.68. The van der Waals surface area contributed by atoms with Crippen LogP contribution in [0.3, 0.4) is 0 Å². The summed E-state index contributed by atoms with van der Waals surface area (Å²) < 4.78 is 11.4. The van der Waals surface area contributed by atoms with Crippen molar-refractivity contribution in [2.75, 3.05) is 5.32 Å². The number of carbonyl (C=O) groups is 1. The van der Waals surface area contributed by atoms with E-state index in [1.807, 2.05) is 6.07 Å². The summed E-state index contributed by atoms with van der Waals surface area (Å²) in [6.07, 6.45) is 3.32. The van der Waals surface area contributed by atoms with E-state index >= 15 is 0 Å². The van der Waals surface area contributed by atoms with E-state index in [0.29, 0.717) is 34.0 Å². The average Bonchev–Trinajstić information content (AvgIpc) is 3.47. The van der Waals surface area contributed by atoms with Crippen LogP contribution in [0.2, 0.25) is 0 Å². The van der Waals surface area contributed by atoms with Crippen LogP contribution in [-0.2, 0) is 0 Å². The Hall–Kier alpha value is -4.79. The molecule has 2 aromatic carbocycles. The number of carbonyl (C=O) groups excluding carboxylic acids is 1. The minimum absolute atomic E-state index is 0.0588. The number of nitro benzene ring substituents is 1. The first-order valence-corrected chi connectivity index (χ1v) is 9.54. The third kappa shape index (κ3) is 3.70. The monoisotopic (exact) mass is 426 g/mol. The lowest BCUT2D eigenvalue weighted by molar-refractivity contribution is -0.384. The Morgan fingerprint density at radius 2 is 1.84 bits per heavy atom. The van der Waals surface area contributed by atoms with Gasteiger partial charge >= 0.3 is 0 Å². The van der Waals surface area contributed by atoms with Crippen molar-refractivity contribution in [3.05, 3.63) is 95.0 Å². The first-order valence-electron chi connectivity index (χ1n) is 9.54. The topological polar surface area (TPSA) is 124 Å². The van der Waals surface area contributed by atoms with Crippen LogP contribution < -0.4 is 5.32 Å². The fraction of sp³-hybridized carbons (Fsp3) is 0. The molecule has 3 aromatic heterocycles. The van der Waals surface area contributed by atoms with E-state index in [1.54, 1.807) is 54.9 Å². The number of hydrogen-bond donors (Lipinski definition) is 1. The smallest absolute Gasteiger partial charge is 0.291 e. The number of benzene rings is 2. The summed E-state index contributed by atoms with van der Waals surface area (Å²) >= 11 is 0. The van der Waals surface area contributed by atoms with Crippen molar-refractivity contribution in [3.8, 4) is 22.8 Å². The fourth-order valence-corrected chi connectivity index (χ4v) is 3.20. The molecule has 5 aromatic rings. The standard InChI is InChI=1S/C23H14N4O5/c28-22(21-9-8-19(31-21)14-3-1-5-17(11-14)27(29)30)25-16-6-7-20-18(12-16)26-23(32-20)15-4-2-10-24-13-15/h1-13H,(H,25,28). The predicted octanol–water partition coefficient (Wildman–Crippen LogP) is 5.31. The highest BCUT2D eigenvalue weighted by molar-refractivity contribution is 6.03. The molecule has 0 spiro atoms. The van der Waals surface area contributed by atoms with E-state index in [0.717, 1.165) is 5.56 Å². The maximum absolute atomic E-state index is 12.6.